The Morgan fingerprint density at radius 1 is 1.29 bits per heavy atom. The molecule has 2 nitrogen and oxygen atoms in total. The van der Waals surface area contributed by atoms with Crippen molar-refractivity contribution in [2.75, 3.05) is 19.8 Å². The van der Waals surface area contributed by atoms with Crippen LogP contribution in [0.5, 0.6) is 5.75 Å². The van der Waals surface area contributed by atoms with Crippen molar-refractivity contribution in [2.24, 2.45) is 5.92 Å². The van der Waals surface area contributed by atoms with Gasteiger partial charge in [-0.3, -0.25) is 0 Å². The lowest BCUT2D eigenvalue weighted by atomic mass is 10.2. The molecule has 0 spiro atoms. The Labute approximate surface area is 116 Å². The highest BCUT2D eigenvalue weighted by Gasteiger charge is 2.02. The van der Waals surface area contributed by atoms with E-state index in [4.69, 9.17) is 21.1 Å². The SMILES string of the molecule is CC(C)COCCOc1ccc(CBr)cc1Cl. The smallest absolute Gasteiger partial charge is 0.138 e. The van der Waals surface area contributed by atoms with Gasteiger partial charge in [0.05, 0.1) is 11.6 Å². The average Bonchev–Trinajstić information content (AvgIpc) is 2.30. The molecule has 1 rings (SSSR count). The minimum absolute atomic E-state index is 0.528. The first-order chi connectivity index (χ1) is 8.13. The Bertz CT molecular complexity index is 342. The second-order valence-electron chi connectivity index (χ2n) is 4.22. The number of hydrogen-bond acceptors (Lipinski definition) is 2. The van der Waals surface area contributed by atoms with Crippen molar-refractivity contribution in [1.29, 1.82) is 0 Å². The summed E-state index contributed by atoms with van der Waals surface area (Å²) >= 11 is 9.47. The zero-order chi connectivity index (χ0) is 12.7. The summed E-state index contributed by atoms with van der Waals surface area (Å²) in [6.45, 7) is 6.13. The van der Waals surface area contributed by atoms with Gasteiger partial charge in [0.2, 0.25) is 0 Å². The molecule has 0 aromatic heterocycles. The van der Waals surface area contributed by atoms with Crippen LogP contribution in [-0.4, -0.2) is 19.8 Å². The number of ether oxygens (including phenoxy) is 2. The summed E-state index contributed by atoms with van der Waals surface area (Å²) in [5.74, 6) is 1.27. The molecule has 0 radical (unpaired) electrons. The molecule has 0 saturated carbocycles. The summed E-state index contributed by atoms with van der Waals surface area (Å²) in [6.07, 6.45) is 0. The molecule has 0 atom stereocenters. The third-order valence-corrected chi connectivity index (χ3v) is 3.03. The Balaban J connectivity index is 2.32. The van der Waals surface area contributed by atoms with Gasteiger partial charge in [-0.1, -0.05) is 47.4 Å². The van der Waals surface area contributed by atoms with Crippen molar-refractivity contribution in [3.63, 3.8) is 0 Å². The topological polar surface area (TPSA) is 18.5 Å². The highest BCUT2D eigenvalue weighted by molar-refractivity contribution is 9.08. The summed E-state index contributed by atoms with van der Waals surface area (Å²) in [5, 5.41) is 1.44. The average molecular weight is 322 g/mol. The van der Waals surface area contributed by atoms with Crippen LogP contribution in [0.4, 0.5) is 0 Å². The molecule has 0 N–H and O–H groups in total. The Hall–Kier alpha value is -0.250. The molecule has 0 aliphatic carbocycles. The standard InChI is InChI=1S/C13H18BrClO2/c1-10(2)9-16-5-6-17-13-4-3-11(8-14)7-12(13)15/h3-4,7,10H,5-6,8-9H2,1-2H3. The van der Waals surface area contributed by atoms with E-state index >= 15 is 0 Å². The third-order valence-electron chi connectivity index (χ3n) is 2.09. The summed E-state index contributed by atoms with van der Waals surface area (Å²) in [4.78, 5) is 0. The fourth-order valence-electron chi connectivity index (χ4n) is 1.27. The van der Waals surface area contributed by atoms with Gasteiger partial charge < -0.3 is 9.47 Å². The van der Waals surface area contributed by atoms with Gasteiger partial charge in [0.1, 0.15) is 12.4 Å². The van der Waals surface area contributed by atoms with E-state index in [1.54, 1.807) is 0 Å². The summed E-state index contributed by atoms with van der Waals surface area (Å²) in [5.41, 5.74) is 1.14. The summed E-state index contributed by atoms with van der Waals surface area (Å²) in [7, 11) is 0. The first-order valence-corrected chi connectivity index (χ1v) is 7.18. The van der Waals surface area contributed by atoms with Crippen LogP contribution >= 0.6 is 27.5 Å². The van der Waals surface area contributed by atoms with Crippen molar-refractivity contribution in [1.82, 2.24) is 0 Å². The van der Waals surface area contributed by atoms with Crippen molar-refractivity contribution < 1.29 is 9.47 Å². The van der Waals surface area contributed by atoms with Crippen LogP contribution < -0.4 is 4.74 Å². The van der Waals surface area contributed by atoms with E-state index in [2.05, 4.69) is 29.8 Å². The predicted octanol–water partition coefficient (Wildman–Crippen LogP) is 4.29. The molecular weight excluding hydrogens is 303 g/mol. The first-order valence-electron chi connectivity index (χ1n) is 5.68. The zero-order valence-electron chi connectivity index (χ0n) is 10.2. The largest absolute Gasteiger partial charge is 0.490 e. The van der Waals surface area contributed by atoms with Gasteiger partial charge in [-0.15, -0.1) is 0 Å². The van der Waals surface area contributed by atoms with Gasteiger partial charge in [-0.25, -0.2) is 0 Å². The van der Waals surface area contributed by atoms with Crippen LogP contribution in [0.15, 0.2) is 18.2 Å². The molecule has 4 heteroatoms. The van der Waals surface area contributed by atoms with E-state index < -0.39 is 0 Å². The van der Waals surface area contributed by atoms with E-state index in [1.807, 2.05) is 18.2 Å². The third kappa shape index (κ3) is 5.75. The van der Waals surface area contributed by atoms with E-state index in [1.165, 1.54) is 0 Å². The van der Waals surface area contributed by atoms with Crippen LogP contribution in [0.3, 0.4) is 0 Å². The molecule has 0 fully saturated rings. The molecule has 0 aliphatic heterocycles. The molecule has 0 aliphatic rings. The zero-order valence-corrected chi connectivity index (χ0v) is 12.6. The second kappa shape index (κ2) is 7.96. The monoisotopic (exact) mass is 320 g/mol. The number of rotatable bonds is 7. The highest BCUT2D eigenvalue weighted by atomic mass is 79.9. The fourth-order valence-corrected chi connectivity index (χ4v) is 1.88. The number of benzene rings is 1. The molecule has 0 saturated heterocycles. The number of alkyl halides is 1. The van der Waals surface area contributed by atoms with Gasteiger partial charge in [-0.2, -0.15) is 0 Å². The Morgan fingerprint density at radius 2 is 2.06 bits per heavy atom. The molecule has 1 aromatic carbocycles. The van der Waals surface area contributed by atoms with Gasteiger partial charge >= 0.3 is 0 Å². The molecule has 0 bridgehead atoms. The minimum Gasteiger partial charge on any atom is -0.490 e. The molecule has 96 valence electrons. The second-order valence-corrected chi connectivity index (χ2v) is 5.18. The van der Waals surface area contributed by atoms with Crippen LogP contribution in [0.25, 0.3) is 0 Å². The van der Waals surface area contributed by atoms with Crippen LogP contribution in [0.2, 0.25) is 5.02 Å². The highest BCUT2D eigenvalue weighted by Crippen LogP contribution is 2.26. The fraction of sp³-hybridized carbons (Fsp3) is 0.538. The molecule has 0 amide bonds. The molecule has 1 aromatic rings. The van der Waals surface area contributed by atoms with Gasteiger partial charge in [0.15, 0.2) is 0 Å². The van der Waals surface area contributed by atoms with Crippen molar-refractivity contribution in [3.8, 4) is 5.75 Å². The van der Waals surface area contributed by atoms with Gasteiger partial charge in [0.25, 0.3) is 0 Å². The molecule has 17 heavy (non-hydrogen) atoms. The summed E-state index contributed by atoms with van der Waals surface area (Å²) in [6, 6.07) is 5.78. The number of hydrogen-bond donors (Lipinski definition) is 0. The molecule has 0 heterocycles. The van der Waals surface area contributed by atoms with E-state index in [0.29, 0.717) is 29.9 Å². The lowest BCUT2D eigenvalue weighted by Crippen LogP contribution is -2.10. The maximum Gasteiger partial charge on any atom is 0.138 e. The van der Waals surface area contributed by atoms with Gasteiger partial charge in [-0.05, 0) is 23.6 Å². The van der Waals surface area contributed by atoms with Crippen molar-refractivity contribution in [3.05, 3.63) is 28.8 Å². The van der Waals surface area contributed by atoms with E-state index in [9.17, 15) is 0 Å². The maximum absolute atomic E-state index is 6.08. The molecule has 0 unspecified atom stereocenters. The molecular formula is C13H18BrClO2. The minimum atomic E-state index is 0.528. The van der Waals surface area contributed by atoms with Gasteiger partial charge in [0, 0.05) is 11.9 Å². The van der Waals surface area contributed by atoms with Crippen molar-refractivity contribution in [2.45, 2.75) is 19.2 Å². The quantitative estimate of drug-likeness (QED) is 0.551. The summed E-state index contributed by atoms with van der Waals surface area (Å²) < 4.78 is 11.0. The number of halogens is 2. The van der Waals surface area contributed by atoms with Crippen LogP contribution in [-0.2, 0) is 10.1 Å². The van der Waals surface area contributed by atoms with Crippen LogP contribution in [0.1, 0.15) is 19.4 Å². The maximum atomic E-state index is 6.08. The predicted molar refractivity (Wildman–Crippen MR) is 75.2 cm³/mol. The lowest BCUT2D eigenvalue weighted by Gasteiger charge is -2.10. The van der Waals surface area contributed by atoms with E-state index in [0.717, 1.165) is 17.5 Å². The Morgan fingerprint density at radius 3 is 2.65 bits per heavy atom. The Kier molecular flexibility index (Phi) is 6.93. The first kappa shape index (κ1) is 14.8. The van der Waals surface area contributed by atoms with Crippen molar-refractivity contribution >= 4 is 27.5 Å². The lowest BCUT2D eigenvalue weighted by molar-refractivity contribution is 0.0819. The normalized spacial score (nSPS) is 10.9. The van der Waals surface area contributed by atoms with E-state index in [-0.39, 0.29) is 0 Å². The van der Waals surface area contributed by atoms with Crippen LogP contribution in [0, 0.1) is 5.92 Å².